The molecule has 0 amide bonds. The fourth-order valence-electron chi connectivity index (χ4n) is 2.96. The van der Waals surface area contributed by atoms with Crippen molar-refractivity contribution in [1.82, 2.24) is 9.97 Å². The van der Waals surface area contributed by atoms with Crippen molar-refractivity contribution in [1.29, 1.82) is 0 Å². The van der Waals surface area contributed by atoms with Crippen molar-refractivity contribution < 1.29 is 14.4 Å². The van der Waals surface area contributed by atoms with Gasteiger partial charge in [-0.2, -0.15) is 4.98 Å². The Morgan fingerprint density at radius 3 is 2.48 bits per heavy atom. The lowest BCUT2D eigenvalue weighted by atomic mass is 10.1. The molecule has 0 saturated carbocycles. The summed E-state index contributed by atoms with van der Waals surface area (Å²) >= 11 is 0. The second-order valence-corrected chi connectivity index (χ2v) is 6.04. The molecule has 0 unspecified atom stereocenters. The molecule has 0 saturated heterocycles. The molecule has 0 aliphatic rings. The molecule has 144 valence electrons. The molecule has 29 heavy (non-hydrogen) atoms. The zero-order chi connectivity index (χ0) is 20.2. The Morgan fingerprint density at radius 2 is 1.66 bits per heavy atom. The molecule has 0 aliphatic heterocycles. The van der Waals surface area contributed by atoms with Crippen LogP contribution in [-0.4, -0.2) is 22.0 Å². The topological polar surface area (TPSA) is 99.4 Å². The van der Waals surface area contributed by atoms with Gasteiger partial charge in [0.15, 0.2) is 0 Å². The summed E-state index contributed by atoms with van der Waals surface area (Å²) in [5, 5.41) is 16.5. The molecule has 0 spiro atoms. The van der Waals surface area contributed by atoms with Crippen LogP contribution in [0.25, 0.3) is 10.8 Å². The quantitative estimate of drug-likeness (QED) is 0.363. The lowest BCUT2D eigenvalue weighted by Crippen LogP contribution is -2.04. The summed E-state index contributed by atoms with van der Waals surface area (Å²) in [6.45, 7) is 0. The van der Waals surface area contributed by atoms with E-state index in [-0.39, 0.29) is 17.4 Å². The molecule has 4 aromatic rings. The van der Waals surface area contributed by atoms with E-state index in [2.05, 4.69) is 15.3 Å². The van der Waals surface area contributed by atoms with Gasteiger partial charge in [0.1, 0.15) is 17.8 Å². The van der Waals surface area contributed by atoms with Crippen LogP contribution in [-0.2, 0) is 0 Å². The Labute approximate surface area is 165 Å². The summed E-state index contributed by atoms with van der Waals surface area (Å²) < 4.78 is 11.1. The van der Waals surface area contributed by atoms with Gasteiger partial charge in [-0.15, -0.1) is 0 Å². The smallest absolute Gasteiger partial charge is 0.373 e. The van der Waals surface area contributed by atoms with Crippen LogP contribution in [0.4, 0.5) is 17.2 Å². The number of para-hydroxylation sites is 2. The Morgan fingerprint density at radius 1 is 0.931 bits per heavy atom. The minimum Gasteiger partial charge on any atom is -0.495 e. The molecular weight excluding hydrogens is 372 g/mol. The first-order chi connectivity index (χ1) is 14.2. The Bertz CT molecular complexity index is 1190. The summed E-state index contributed by atoms with van der Waals surface area (Å²) in [5.74, 6) is 0.841. The van der Waals surface area contributed by atoms with Gasteiger partial charge in [0.25, 0.3) is 0 Å². The molecule has 0 atom stereocenters. The number of hydrogen-bond donors (Lipinski definition) is 1. The monoisotopic (exact) mass is 388 g/mol. The Hall–Kier alpha value is -4.20. The van der Waals surface area contributed by atoms with E-state index in [1.807, 2.05) is 36.4 Å². The molecule has 1 N–H and O–H groups in total. The second-order valence-electron chi connectivity index (χ2n) is 6.04. The Kier molecular flexibility index (Phi) is 4.90. The predicted molar refractivity (Wildman–Crippen MR) is 109 cm³/mol. The van der Waals surface area contributed by atoms with Gasteiger partial charge in [-0.25, -0.2) is 4.98 Å². The number of nitro groups is 1. The van der Waals surface area contributed by atoms with Crippen LogP contribution < -0.4 is 14.8 Å². The van der Waals surface area contributed by atoms with Crippen molar-refractivity contribution in [2.75, 3.05) is 12.4 Å². The Balaban J connectivity index is 1.77. The fourth-order valence-corrected chi connectivity index (χ4v) is 2.96. The van der Waals surface area contributed by atoms with Crippen molar-refractivity contribution in [2.45, 2.75) is 0 Å². The zero-order valence-corrected chi connectivity index (χ0v) is 15.4. The van der Waals surface area contributed by atoms with E-state index in [0.29, 0.717) is 17.2 Å². The lowest BCUT2D eigenvalue weighted by Gasteiger charge is -2.12. The molecule has 4 rings (SSSR count). The van der Waals surface area contributed by atoms with Crippen LogP contribution in [0.1, 0.15) is 0 Å². The number of aromatic nitrogens is 2. The molecule has 8 heteroatoms. The minimum absolute atomic E-state index is 0.00439. The van der Waals surface area contributed by atoms with Crippen molar-refractivity contribution in [3.05, 3.63) is 83.2 Å². The summed E-state index contributed by atoms with van der Waals surface area (Å²) in [6, 6.07) is 20.1. The van der Waals surface area contributed by atoms with E-state index in [4.69, 9.17) is 9.47 Å². The van der Waals surface area contributed by atoms with Crippen LogP contribution in [0.5, 0.6) is 17.4 Å². The average molecular weight is 388 g/mol. The van der Waals surface area contributed by atoms with Crippen molar-refractivity contribution >= 4 is 28.0 Å². The molecular formula is C21H16N4O4. The predicted octanol–water partition coefficient (Wildman–Crippen LogP) is 5.08. The molecule has 0 aliphatic carbocycles. The van der Waals surface area contributed by atoms with Crippen molar-refractivity contribution in [3.8, 4) is 17.4 Å². The molecule has 1 heterocycles. The van der Waals surface area contributed by atoms with Gasteiger partial charge in [0.05, 0.1) is 17.7 Å². The normalized spacial score (nSPS) is 10.5. The van der Waals surface area contributed by atoms with Crippen LogP contribution in [0.3, 0.4) is 0 Å². The van der Waals surface area contributed by atoms with Gasteiger partial charge < -0.3 is 14.8 Å². The second kappa shape index (κ2) is 7.81. The summed E-state index contributed by atoms with van der Waals surface area (Å²) in [4.78, 5) is 19.3. The highest BCUT2D eigenvalue weighted by molar-refractivity contribution is 5.88. The first-order valence-corrected chi connectivity index (χ1v) is 8.72. The molecule has 3 aromatic carbocycles. The van der Waals surface area contributed by atoms with E-state index in [1.54, 1.807) is 30.3 Å². The summed E-state index contributed by atoms with van der Waals surface area (Å²) in [6.07, 6.45) is 1.21. The largest absolute Gasteiger partial charge is 0.495 e. The third-order valence-corrected chi connectivity index (χ3v) is 4.29. The molecule has 8 nitrogen and oxygen atoms in total. The third kappa shape index (κ3) is 3.63. The lowest BCUT2D eigenvalue weighted by molar-refractivity contribution is -0.385. The van der Waals surface area contributed by atoms with E-state index in [9.17, 15) is 10.1 Å². The summed E-state index contributed by atoms with van der Waals surface area (Å²) in [5.41, 5.74) is 0.166. The minimum atomic E-state index is -0.571. The van der Waals surface area contributed by atoms with Crippen LogP contribution in [0.2, 0.25) is 0 Å². The molecule has 0 radical (unpaired) electrons. The number of hydrogen-bond acceptors (Lipinski definition) is 7. The molecule has 0 bridgehead atoms. The maximum absolute atomic E-state index is 11.8. The summed E-state index contributed by atoms with van der Waals surface area (Å²) in [7, 11) is 1.52. The van der Waals surface area contributed by atoms with Gasteiger partial charge in [-0.1, -0.05) is 48.5 Å². The number of ether oxygens (including phenoxy) is 2. The number of nitrogens with zero attached hydrogens (tertiary/aromatic N) is 3. The zero-order valence-electron chi connectivity index (χ0n) is 15.4. The fraction of sp³-hybridized carbons (Fsp3) is 0.0476. The SMILES string of the molecule is COc1ccccc1Nc1ncnc(Oc2cccc3ccccc23)c1[N+](=O)[O-]. The molecule has 1 aromatic heterocycles. The standard InChI is InChI=1S/C21H16N4O4/c1-28-18-11-5-4-10-16(18)24-20-19(25(26)27)21(23-13-22-20)29-17-12-6-8-14-7-2-3-9-15(14)17/h2-13H,1H3,(H,22,23,24). The van der Waals surface area contributed by atoms with Crippen LogP contribution in [0, 0.1) is 10.1 Å². The van der Waals surface area contributed by atoms with Gasteiger partial charge in [0, 0.05) is 5.39 Å². The first kappa shape index (κ1) is 18.2. The maximum atomic E-state index is 11.8. The van der Waals surface area contributed by atoms with Gasteiger partial charge in [-0.05, 0) is 23.6 Å². The number of anilines is 2. The number of fused-ring (bicyclic) bond motifs is 1. The number of rotatable bonds is 6. The van der Waals surface area contributed by atoms with E-state index in [1.165, 1.54) is 13.4 Å². The molecule has 0 fully saturated rings. The van der Waals surface area contributed by atoms with Gasteiger partial charge >= 0.3 is 11.6 Å². The highest BCUT2D eigenvalue weighted by Crippen LogP contribution is 2.38. The number of methoxy groups -OCH3 is 1. The van der Waals surface area contributed by atoms with E-state index in [0.717, 1.165) is 10.8 Å². The van der Waals surface area contributed by atoms with Crippen molar-refractivity contribution in [3.63, 3.8) is 0 Å². The van der Waals surface area contributed by atoms with E-state index < -0.39 is 4.92 Å². The number of benzene rings is 3. The number of nitrogens with one attached hydrogen (secondary N) is 1. The highest BCUT2D eigenvalue weighted by Gasteiger charge is 2.26. The van der Waals surface area contributed by atoms with Gasteiger partial charge in [-0.3, -0.25) is 10.1 Å². The third-order valence-electron chi connectivity index (χ3n) is 4.29. The average Bonchev–Trinajstić information content (AvgIpc) is 2.74. The van der Waals surface area contributed by atoms with E-state index >= 15 is 0 Å². The van der Waals surface area contributed by atoms with Crippen LogP contribution >= 0.6 is 0 Å². The van der Waals surface area contributed by atoms with Crippen molar-refractivity contribution in [2.24, 2.45) is 0 Å². The van der Waals surface area contributed by atoms with Crippen LogP contribution in [0.15, 0.2) is 73.1 Å². The first-order valence-electron chi connectivity index (χ1n) is 8.72. The maximum Gasteiger partial charge on any atom is 0.373 e. The highest BCUT2D eigenvalue weighted by atomic mass is 16.6. The van der Waals surface area contributed by atoms with Gasteiger partial charge in [0.2, 0.25) is 5.82 Å².